The molecule has 2 rings (SSSR count). The van der Waals surface area contributed by atoms with Gasteiger partial charge in [-0.2, -0.15) is 5.10 Å². The van der Waals surface area contributed by atoms with Crippen LogP contribution in [0.2, 0.25) is 0 Å². The SMILES string of the molecule is CCCNc1cc(C(=O)NCc2ccnn2C)cc(C)n1. The molecule has 0 fully saturated rings. The van der Waals surface area contributed by atoms with Crippen LogP contribution >= 0.6 is 0 Å². The lowest BCUT2D eigenvalue weighted by atomic mass is 10.2. The number of nitrogens with zero attached hydrogens (tertiary/aromatic N) is 3. The highest BCUT2D eigenvalue weighted by molar-refractivity contribution is 5.94. The molecule has 0 saturated carbocycles. The fourth-order valence-corrected chi connectivity index (χ4v) is 1.99. The molecule has 1 amide bonds. The molecule has 0 saturated heterocycles. The monoisotopic (exact) mass is 287 g/mol. The van der Waals surface area contributed by atoms with Crippen LogP contribution in [-0.4, -0.2) is 27.2 Å². The van der Waals surface area contributed by atoms with Gasteiger partial charge in [0.05, 0.1) is 12.2 Å². The van der Waals surface area contributed by atoms with Crippen LogP contribution in [0.4, 0.5) is 5.82 Å². The third kappa shape index (κ3) is 4.05. The van der Waals surface area contributed by atoms with Gasteiger partial charge in [-0.15, -0.1) is 0 Å². The van der Waals surface area contributed by atoms with E-state index in [-0.39, 0.29) is 5.91 Å². The highest BCUT2D eigenvalue weighted by Gasteiger charge is 2.09. The van der Waals surface area contributed by atoms with Crippen molar-refractivity contribution in [3.8, 4) is 0 Å². The van der Waals surface area contributed by atoms with Crippen molar-refractivity contribution in [2.75, 3.05) is 11.9 Å². The van der Waals surface area contributed by atoms with Gasteiger partial charge in [-0.05, 0) is 31.5 Å². The number of aromatic nitrogens is 3. The lowest BCUT2D eigenvalue weighted by Gasteiger charge is -2.09. The fraction of sp³-hybridized carbons (Fsp3) is 0.400. The summed E-state index contributed by atoms with van der Waals surface area (Å²) >= 11 is 0. The number of carbonyl (C=O) groups excluding carboxylic acids is 1. The van der Waals surface area contributed by atoms with Gasteiger partial charge in [-0.25, -0.2) is 4.98 Å². The van der Waals surface area contributed by atoms with Crippen molar-refractivity contribution in [2.45, 2.75) is 26.8 Å². The number of rotatable bonds is 6. The summed E-state index contributed by atoms with van der Waals surface area (Å²) in [5, 5.41) is 10.2. The second-order valence-electron chi connectivity index (χ2n) is 4.94. The quantitative estimate of drug-likeness (QED) is 0.851. The molecule has 0 aliphatic carbocycles. The van der Waals surface area contributed by atoms with E-state index in [1.165, 1.54) is 0 Å². The minimum atomic E-state index is -0.110. The van der Waals surface area contributed by atoms with Gasteiger partial charge >= 0.3 is 0 Å². The van der Waals surface area contributed by atoms with E-state index in [0.29, 0.717) is 12.1 Å². The fourth-order valence-electron chi connectivity index (χ4n) is 1.99. The third-order valence-corrected chi connectivity index (χ3v) is 3.12. The van der Waals surface area contributed by atoms with E-state index in [1.807, 2.05) is 20.0 Å². The van der Waals surface area contributed by atoms with Crippen LogP contribution in [-0.2, 0) is 13.6 Å². The zero-order valence-corrected chi connectivity index (χ0v) is 12.7. The molecule has 0 atom stereocenters. The summed E-state index contributed by atoms with van der Waals surface area (Å²) < 4.78 is 1.74. The van der Waals surface area contributed by atoms with Crippen LogP contribution in [0.3, 0.4) is 0 Å². The minimum Gasteiger partial charge on any atom is -0.370 e. The van der Waals surface area contributed by atoms with Crippen LogP contribution in [0.5, 0.6) is 0 Å². The van der Waals surface area contributed by atoms with Gasteiger partial charge in [0.2, 0.25) is 0 Å². The Bertz CT molecular complexity index is 620. The number of pyridine rings is 1. The van der Waals surface area contributed by atoms with Gasteiger partial charge in [0.1, 0.15) is 5.82 Å². The summed E-state index contributed by atoms with van der Waals surface area (Å²) in [6.45, 7) is 5.26. The van der Waals surface area contributed by atoms with Crippen molar-refractivity contribution in [2.24, 2.45) is 7.05 Å². The second kappa shape index (κ2) is 6.88. The summed E-state index contributed by atoms with van der Waals surface area (Å²) in [6.07, 6.45) is 2.72. The molecule has 21 heavy (non-hydrogen) atoms. The van der Waals surface area contributed by atoms with Crippen molar-refractivity contribution in [3.63, 3.8) is 0 Å². The largest absolute Gasteiger partial charge is 0.370 e. The molecule has 112 valence electrons. The van der Waals surface area contributed by atoms with Crippen molar-refractivity contribution in [3.05, 3.63) is 41.3 Å². The van der Waals surface area contributed by atoms with Crippen molar-refractivity contribution >= 4 is 11.7 Å². The first-order valence-corrected chi connectivity index (χ1v) is 7.07. The average molecular weight is 287 g/mol. The maximum atomic E-state index is 12.2. The van der Waals surface area contributed by atoms with Crippen LogP contribution in [0.15, 0.2) is 24.4 Å². The smallest absolute Gasteiger partial charge is 0.251 e. The predicted molar refractivity (Wildman–Crippen MR) is 82.1 cm³/mol. The molecular weight excluding hydrogens is 266 g/mol. The predicted octanol–water partition coefficient (Wildman–Crippen LogP) is 1.88. The number of carbonyl (C=O) groups is 1. The molecule has 0 aliphatic rings. The molecule has 0 aliphatic heterocycles. The lowest BCUT2D eigenvalue weighted by molar-refractivity contribution is 0.0950. The zero-order chi connectivity index (χ0) is 15.2. The van der Waals surface area contributed by atoms with Gasteiger partial charge in [-0.3, -0.25) is 9.48 Å². The van der Waals surface area contributed by atoms with E-state index in [2.05, 4.69) is 27.6 Å². The van der Waals surface area contributed by atoms with Gasteiger partial charge < -0.3 is 10.6 Å². The summed E-state index contributed by atoms with van der Waals surface area (Å²) in [5.74, 6) is 0.629. The van der Waals surface area contributed by atoms with E-state index in [9.17, 15) is 4.79 Å². The van der Waals surface area contributed by atoms with Crippen LogP contribution in [0.1, 0.15) is 35.1 Å². The zero-order valence-electron chi connectivity index (χ0n) is 12.7. The molecule has 2 aromatic rings. The Morgan fingerprint density at radius 1 is 1.38 bits per heavy atom. The van der Waals surface area contributed by atoms with Crippen LogP contribution < -0.4 is 10.6 Å². The number of aryl methyl sites for hydroxylation is 2. The van der Waals surface area contributed by atoms with Gasteiger partial charge in [0, 0.05) is 31.0 Å². The summed E-state index contributed by atoms with van der Waals surface area (Å²) in [7, 11) is 1.85. The minimum absolute atomic E-state index is 0.110. The number of amides is 1. The van der Waals surface area contributed by atoms with E-state index in [1.54, 1.807) is 23.0 Å². The highest BCUT2D eigenvalue weighted by atomic mass is 16.1. The first-order valence-electron chi connectivity index (χ1n) is 7.07. The standard InChI is InChI=1S/C15H21N5O/c1-4-6-16-14-9-12(8-11(2)19-14)15(21)17-10-13-5-7-18-20(13)3/h5,7-9H,4,6,10H2,1-3H3,(H,16,19)(H,17,21). The molecule has 0 spiro atoms. The molecule has 2 aromatic heterocycles. The molecular formula is C15H21N5O. The van der Waals surface area contributed by atoms with E-state index in [0.717, 1.165) is 30.2 Å². The lowest BCUT2D eigenvalue weighted by Crippen LogP contribution is -2.24. The maximum absolute atomic E-state index is 12.2. The van der Waals surface area contributed by atoms with E-state index >= 15 is 0 Å². The normalized spacial score (nSPS) is 10.4. The maximum Gasteiger partial charge on any atom is 0.251 e. The number of anilines is 1. The Kier molecular flexibility index (Phi) is 4.92. The molecule has 6 heteroatoms. The van der Waals surface area contributed by atoms with E-state index in [4.69, 9.17) is 0 Å². The Labute approximate surface area is 124 Å². The summed E-state index contributed by atoms with van der Waals surface area (Å²) in [6, 6.07) is 5.45. The Balaban J connectivity index is 2.04. The molecule has 0 unspecified atom stereocenters. The molecule has 0 bridgehead atoms. The van der Waals surface area contributed by atoms with Gasteiger partial charge in [0.25, 0.3) is 5.91 Å². The molecule has 2 heterocycles. The number of hydrogen-bond donors (Lipinski definition) is 2. The molecule has 0 aromatic carbocycles. The van der Waals surface area contributed by atoms with Gasteiger partial charge in [-0.1, -0.05) is 6.92 Å². The summed E-state index contributed by atoms with van der Waals surface area (Å²) in [4.78, 5) is 16.6. The van der Waals surface area contributed by atoms with Gasteiger partial charge in [0.15, 0.2) is 0 Å². The summed E-state index contributed by atoms with van der Waals surface area (Å²) in [5.41, 5.74) is 2.39. The topological polar surface area (TPSA) is 71.8 Å². The van der Waals surface area contributed by atoms with Crippen molar-refractivity contribution in [1.29, 1.82) is 0 Å². The Morgan fingerprint density at radius 3 is 2.86 bits per heavy atom. The average Bonchev–Trinajstić information content (AvgIpc) is 2.87. The van der Waals surface area contributed by atoms with Crippen LogP contribution in [0, 0.1) is 6.92 Å². The van der Waals surface area contributed by atoms with Crippen molar-refractivity contribution in [1.82, 2.24) is 20.1 Å². The number of nitrogens with one attached hydrogen (secondary N) is 2. The molecule has 0 radical (unpaired) electrons. The Morgan fingerprint density at radius 2 is 2.19 bits per heavy atom. The highest BCUT2D eigenvalue weighted by Crippen LogP contribution is 2.10. The molecule has 2 N–H and O–H groups in total. The third-order valence-electron chi connectivity index (χ3n) is 3.12. The Hall–Kier alpha value is -2.37. The first-order chi connectivity index (χ1) is 10.1. The second-order valence-corrected chi connectivity index (χ2v) is 4.94. The van der Waals surface area contributed by atoms with Crippen LogP contribution in [0.25, 0.3) is 0 Å². The number of hydrogen-bond acceptors (Lipinski definition) is 4. The van der Waals surface area contributed by atoms with E-state index < -0.39 is 0 Å². The first kappa shape index (κ1) is 15.0. The van der Waals surface area contributed by atoms with Crippen molar-refractivity contribution < 1.29 is 4.79 Å². The molecule has 6 nitrogen and oxygen atoms in total.